The largest absolute Gasteiger partial charge is 0.388 e. The van der Waals surface area contributed by atoms with E-state index in [9.17, 15) is 23.1 Å². The Morgan fingerprint density at radius 1 is 1.05 bits per heavy atom. The smallest absolute Gasteiger partial charge is 0.254 e. The van der Waals surface area contributed by atoms with Crippen LogP contribution in [0.4, 0.5) is 13.2 Å². The van der Waals surface area contributed by atoms with E-state index in [-0.39, 0.29) is 13.0 Å². The summed E-state index contributed by atoms with van der Waals surface area (Å²) in [6.07, 6.45) is -0.572. The molecule has 2 N–H and O–H groups in total. The van der Waals surface area contributed by atoms with Gasteiger partial charge in [-0.05, 0) is 24.1 Å². The van der Waals surface area contributed by atoms with Crippen LogP contribution in [0, 0.1) is 17.5 Å². The number of halogens is 3. The third-order valence-corrected chi connectivity index (χ3v) is 3.17. The minimum atomic E-state index is -1.68. The van der Waals surface area contributed by atoms with E-state index >= 15 is 0 Å². The topological polar surface area (TPSA) is 49.3 Å². The van der Waals surface area contributed by atoms with Gasteiger partial charge in [-0.2, -0.15) is 0 Å². The van der Waals surface area contributed by atoms with E-state index in [1.165, 1.54) is 0 Å². The Hall–Kier alpha value is -2.34. The van der Waals surface area contributed by atoms with Gasteiger partial charge in [0.05, 0.1) is 11.7 Å². The van der Waals surface area contributed by atoms with Gasteiger partial charge in [0.1, 0.15) is 0 Å². The number of carbonyl (C=O) groups excluding carboxylic acids is 1. The molecule has 0 aromatic heterocycles. The van der Waals surface area contributed by atoms with Gasteiger partial charge in [-0.3, -0.25) is 4.79 Å². The summed E-state index contributed by atoms with van der Waals surface area (Å²) < 4.78 is 39.3. The Bertz CT molecular complexity index is 662. The van der Waals surface area contributed by atoms with Crippen LogP contribution in [0.1, 0.15) is 28.4 Å². The lowest BCUT2D eigenvalue weighted by molar-refractivity contribution is 0.0937. The number of benzene rings is 2. The molecule has 0 spiro atoms. The van der Waals surface area contributed by atoms with Crippen molar-refractivity contribution in [2.24, 2.45) is 0 Å². The van der Waals surface area contributed by atoms with Gasteiger partial charge in [-0.25, -0.2) is 13.2 Å². The van der Waals surface area contributed by atoms with E-state index in [0.29, 0.717) is 11.6 Å². The van der Waals surface area contributed by atoms with Crippen molar-refractivity contribution in [3.05, 3.63) is 71.0 Å². The summed E-state index contributed by atoms with van der Waals surface area (Å²) in [5, 5.41) is 12.3. The lowest BCUT2D eigenvalue weighted by atomic mass is 10.1. The highest BCUT2D eigenvalue weighted by atomic mass is 19.2. The highest BCUT2D eigenvalue weighted by Gasteiger charge is 2.18. The van der Waals surface area contributed by atoms with Crippen LogP contribution in [0.5, 0.6) is 0 Å². The summed E-state index contributed by atoms with van der Waals surface area (Å²) in [7, 11) is 0. The zero-order valence-corrected chi connectivity index (χ0v) is 11.5. The van der Waals surface area contributed by atoms with Crippen LogP contribution in [0.25, 0.3) is 0 Å². The van der Waals surface area contributed by atoms with Crippen LogP contribution in [0.15, 0.2) is 42.5 Å². The highest BCUT2D eigenvalue weighted by Crippen LogP contribution is 2.16. The molecule has 0 aliphatic rings. The molecule has 0 radical (unpaired) electrons. The summed E-state index contributed by atoms with van der Waals surface area (Å²) in [4.78, 5) is 11.7. The van der Waals surface area contributed by atoms with E-state index in [4.69, 9.17) is 0 Å². The molecule has 3 nitrogen and oxygen atoms in total. The molecular weight excluding hydrogens is 295 g/mol. The number of aliphatic hydroxyl groups is 1. The van der Waals surface area contributed by atoms with Gasteiger partial charge in [0, 0.05) is 6.54 Å². The molecular formula is C16H14F3NO2. The fraction of sp³-hybridized carbons (Fsp3) is 0.188. The SMILES string of the molecule is O=C(NCCC(O)c1ccccc1)c1ccc(F)c(F)c1F. The van der Waals surface area contributed by atoms with Crippen molar-refractivity contribution in [2.45, 2.75) is 12.5 Å². The Morgan fingerprint density at radius 3 is 2.41 bits per heavy atom. The Morgan fingerprint density at radius 2 is 1.73 bits per heavy atom. The maximum atomic E-state index is 13.4. The minimum absolute atomic E-state index is 0.0628. The number of amides is 1. The number of hydrogen-bond donors (Lipinski definition) is 2. The van der Waals surface area contributed by atoms with Crippen molar-refractivity contribution in [1.29, 1.82) is 0 Å². The van der Waals surface area contributed by atoms with E-state index in [0.717, 1.165) is 6.07 Å². The highest BCUT2D eigenvalue weighted by molar-refractivity contribution is 5.94. The molecule has 1 unspecified atom stereocenters. The molecule has 6 heteroatoms. The third-order valence-electron chi connectivity index (χ3n) is 3.17. The molecule has 0 aliphatic heterocycles. The molecule has 0 heterocycles. The zero-order chi connectivity index (χ0) is 16.1. The summed E-state index contributed by atoms with van der Waals surface area (Å²) in [5.41, 5.74) is 0.115. The first-order valence-electron chi connectivity index (χ1n) is 6.65. The fourth-order valence-corrected chi connectivity index (χ4v) is 1.96. The summed E-state index contributed by atoms with van der Waals surface area (Å²) in [6, 6.07) is 10.4. The predicted molar refractivity (Wildman–Crippen MR) is 74.7 cm³/mol. The first kappa shape index (κ1) is 16.0. The second kappa shape index (κ2) is 7.09. The van der Waals surface area contributed by atoms with Crippen molar-refractivity contribution in [1.82, 2.24) is 5.32 Å². The predicted octanol–water partition coefficient (Wildman–Crippen LogP) is 2.96. The standard InChI is InChI=1S/C16H14F3NO2/c17-12-7-6-11(14(18)15(12)19)16(22)20-9-8-13(21)10-4-2-1-3-5-10/h1-7,13,21H,8-9H2,(H,20,22). The zero-order valence-electron chi connectivity index (χ0n) is 11.5. The number of rotatable bonds is 5. The summed E-state index contributed by atoms with van der Waals surface area (Å²) in [5.74, 6) is -5.43. The van der Waals surface area contributed by atoms with Crippen molar-refractivity contribution in [3.8, 4) is 0 Å². The molecule has 0 saturated heterocycles. The second-order valence-electron chi connectivity index (χ2n) is 4.69. The molecule has 2 aromatic rings. The Kier molecular flexibility index (Phi) is 5.16. The van der Waals surface area contributed by atoms with Crippen LogP contribution in [-0.4, -0.2) is 17.6 Å². The maximum Gasteiger partial charge on any atom is 0.254 e. The van der Waals surface area contributed by atoms with Gasteiger partial charge >= 0.3 is 0 Å². The monoisotopic (exact) mass is 309 g/mol. The van der Waals surface area contributed by atoms with Crippen molar-refractivity contribution < 1.29 is 23.1 Å². The fourth-order valence-electron chi connectivity index (χ4n) is 1.96. The first-order valence-corrected chi connectivity index (χ1v) is 6.65. The molecule has 1 atom stereocenters. The minimum Gasteiger partial charge on any atom is -0.388 e. The lowest BCUT2D eigenvalue weighted by Gasteiger charge is -2.12. The van der Waals surface area contributed by atoms with Gasteiger partial charge in [0.25, 0.3) is 5.91 Å². The van der Waals surface area contributed by atoms with Crippen LogP contribution >= 0.6 is 0 Å². The molecule has 0 bridgehead atoms. The number of nitrogens with one attached hydrogen (secondary N) is 1. The van der Waals surface area contributed by atoms with E-state index < -0.39 is 35.0 Å². The van der Waals surface area contributed by atoms with E-state index in [1.54, 1.807) is 24.3 Å². The van der Waals surface area contributed by atoms with Gasteiger partial charge in [0.2, 0.25) is 0 Å². The Labute approximate surface area is 125 Å². The van der Waals surface area contributed by atoms with Crippen LogP contribution in [0.2, 0.25) is 0 Å². The number of hydrogen-bond acceptors (Lipinski definition) is 2. The van der Waals surface area contributed by atoms with E-state index in [1.807, 2.05) is 6.07 Å². The Balaban J connectivity index is 1.92. The first-order chi connectivity index (χ1) is 10.5. The molecule has 1 amide bonds. The van der Waals surface area contributed by atoms with Crippen LogP contribution < -0.4 is 5.32 Å². The molecule has 2 aromatic carbocycles. The van der Waals surface area contributed by atoms with Gasteiger partial charge in [-0.15, -0.1) is 0 Å². The quantitative estimate of drug-likeness (QED) is 0.834. The second-order valence-corrected chi connectivity index (χ2v) is 4.69. The molecule has 22 heavy (non-hydrogen) atoms. The van der Waals surface area contributed by atoms with Gasteiger partial charge in [-0.1, -0.05) is 30.3 Å². The molecule has 0 saturated carbocycles. The third kappa shape index (κ3) is 3.65. The average molecular weight is 309 g/mol. The van der Waals surface area contributed by atoms with Crippen molar-refractivity contribution in [3.63, 3.8) is 0 Å². The van der Waals surface area contributed by atoms with Crippen LogP contribution in [0.3, 0.4) is 0 Å². The summed E-state index contributed by atoms with van der Waals surface area (Å²) in [6.45, 7) is 0.0628. The molecule has 0 aliphatic carbocycles. The normalized spacial score (nSPS) is 12.0. The van der Waals surface area contributed by atoms with Crippen LogP contribution in [-0.2, 0) is 0 Å². The lowest BCUT2D eigenvalue weighted by Crippen LogP contribution is -2.27. The molecule has 2 rings (SSSR count). The van der Waals surface area contributed by atoms with Gasteiger partial charge in [0.15, 0.2) is 17.5 Å². The molecule has 0 fully saturated rings. The van der Waals surface area contributed by atoms with Crippen molar-refractivity contribution in [2.75, 3.05) is 6.54 Å². The number of aliphatic hydroxyl groups excluding tert-OH is 1. The maximum absolute atomic E-state index is 13.4. The average Bonchev–Trinajstić information content (AvgIpc) is 2.53. The number of carbonyl (C=O) groups is 1. The van der Waals surface area contributed by atoms with E-state index in [2.05, 4.69) is 5.32 Å². The van der Waals surface area contributed by atoms with Gasteiger partial charge < -0.3 is 10.4 Å². The van der Waals surface area contributed by atoms with Crippen molar-refractivity contribution >= 4 is 5.91 Å². The molecule has 116 valence electrons. The summed E-state index contributed by atoms with van der Waals surface area (Å²) >= 11 is 0.